The van der Waals surface area contributed by atoms with E-state index in [0.29, 0.717) is 33.4 Å². The SMILES string of the molecule is COC(=O)c1coc(C(CO)CC(=S)c2cccc(C(=S)CC(CO)c3nc(C)co3)n2)n1. The summed E-state index contributed by atoms with van der Waals surface area (Å²) in [6.45, 7) is 1.35. The van der Waals surface area contributed by atoms with Gasteiger partial charge >= 0.3 is 5.97 Å². The quantitative estimate of drug-likeness (QED) is 0.234. The van der Waals surface area contributed by atoms with Gasteiger partial charge in [-0.1, -0.05) is 30.5 Å². The van der Waals surface area contributed by atoms with Crippen LogP contribution in [0, 0.1) is 6.92 Å². The Bertz CT molecular complexity index is 1140. The highest BCUT2D eigenvalue weighted by molar-refractivity contribution is 7.81. The topological polar surface area (TPSA) is 132 Å². The van der Waals surface area contributed by atoms with E-state index in [1.807, 2.05) is 0 Å². The molecule has 0 bridgehead atoms. The predicted molar refractivity (Wildman–Crippen MR) is 126 cm³/mol. The number of hydrogen-bond acceptors (Lipinski definition) is 11. The predicted octanol–water partition coefficient (Wildman–Crippen LogP) is 2.92. The van der Waals surface area contributed by atoms with Gasteiger partial charge in [0.25, 0.3) is 0 Å². The summed E-state index contributed by atoms with van der Waals surface area (Å²) in [5, 5.41) is 19.5. The molecule has 0 aliphatic rings. The molecule has 0 fully saturated rings. The van der Waals surface area contributed by atoms with Gasteiger partial charge in [-0.2, -0.15) is 0 Å². The molecule has 2 unspecified atom stereocenters. The first-order valence-corrected chi connectivity index (χ1v) is 10.9. The molecule has 33 heavy (non-hydrogen) atoms. The van der Waals surface area contributed by atoms with E-state index in [1.165, 1.54) is 19.6 Å². The summed E-state index contributed by atoms with van der Waals surface area (Å²) in [6, 6.07) is 5.30. The van der Waals surface area contributed by atoms with Crippen LogP contribution in [0.3, 0.4) is 0 Å². The summed E-state index contributed by atoms with van der Waals surface area (Å²) in [5.41, 5.74) is 1.82. The second kappa shape index (κ2) is 11.3. The molecule has 0 radical (unpaired) electrons. The van der Waals surface area contributed by atoms with Crippen molar-refractivity contribution in [3.63, 3.8) is 0 Å². The molecule has 0 spiro atoms. The molecule has 2 N–H and O–H groups in total. The second-order valence-corrected chi connectivity index (χ2v) is 8.30. The Balaban J connectivity index is 1.71. The summed E-state index contributed by atoms with van der Waals surface area (Å²) in [5.74, 6) is -0.962. The van der Waals surface area contributed by atoms with Crippen molar-refractivity contribution in [1.29, 1.82) is 0 Å². The first-order valence-electron chi connectivity index (χ1n) is 10.1. The van der Waals surface area contributed by atoms with Gasteiger partial charge in [0.05, 0.1) is 49.2 Å². The van der Waals surface area contributed by atoms with E-state index < -0.39 is 11.9 Å². The highest BCUT2D eigenvalue weighted by Gasteiger charge is 2.23. The largest absolute Gasteiger partial charge is 0.464 e. The number of ether oxygens (including phenoxy) is 1. The van der Waals surface area contributed by atoms with Crippen LogP contribution in [0.4, 0.5) is 0 Å². The number of carbonyl (C=O) groups excluding carboxylic acids is 1. The zero-order valence-corrected chi connectivity index (χ0v) is 19.7. The molecular weight excluding hydrogens is 466 g/mol. The number of aliphatic hydroxyl groups excluding tert-OH is 2. The minimum Gasteiger partial charge on any atom is -0.464 e. The summed E-state index contributed by atoms with van der Waals surface area (Å²) in [4.78, 5) is 25.5. The Labute approximate surface area is 200 Å². The molecular formula is C22H23N3O6S2. The molecule has 174 valence electrons. The normalized spacial score (nSPS) is 12.8. The van der Waals surface area contributed by atoms with Crippen molar-refractivity contribution >= 4 is 40.1 Å². The molecule has 3 aromatic heterocycles. The van der Waals surface area contributed by atoms with Crippen molar-refractivity contribution in [3.8, 4) is 0 Å². The third kappa shape index (κ3) is 6.14. The van der Waals surface area contributed by atoms with Crippen LogP contribution in [0.1, 0.15) is 64.0 Å². The van der Waals surface area contributed by atoms with Crippen LogP contribution in [0.5, 0.6) is 0 Å². The number of carbonyl (C=O) groups is 1. The Morgan fingerprint density at radius 3 is 1.97 bits per heavy atom. The van der Waals surface area contributed by atoms with Crippen LogP contribution in [0.15, 0.2) is 39.6 Å². The van der Waals surface area contributed by atoms with Gasteiger partial charge in [0.2, 0.25) is 5.89 Å². The number of hydrogen-bond donors (Lipinski definition) is 2. The molecule has 0 amide bonds. The van der Waals surface area contributed by atoms with E-state index in [9.17, 15) is 15.0 Å². The van der Waals surface area contributed by atoms with Gasteiger partial charge in [-0.05, 0) is 31.9 Å². The fraction of sp³-hybridized carbons (Fsp3) is 0.364. The van der Waals surface area contributed by atoms with Crippen molar-refractivity contribution in [2.75, 3.05) is 20.3 Å². The molecule has 0 aromatic carbocycles. The number of aryl methyl sites for hydroxylation is 1. The first kappa shape index (κ1) is 24.8. The number of aliphatic hydroxyl groups is 2. The maximum atomic E-state index is 11.6. The highest BCUT2D eigenvalue weighted by Crippen LogP contribution is 2.24. The van der Waals surface area contributed by atoms with Crippen LogP contribution < -0.4 is 0 Å². The van der Waals surface area contributed by atoms with Gasteiger partial charge in [0, 0.05) is 9.73 Å². The third-order valence-corrected chi connectivity index (χ3v) is 5.63. The average molecular weight is 490 g/mol. The van der Waals surface area contributed by atoms with E-state index in [2.05, 4.69) is 19.7 Å². The molecule has 9 nitrogen and oxygen atoms in total. The number of pyridine rings is 1. The molecule has 0 aliphatic heterocycles. The molecule has 3 rings (SSSR count). The highest BCUT2D eigenvalue weighted by atomic mass is 32.1. The zero-order valence-electron chi connectivity index (χ0n) is 18.1. The summed E-state index contributed by atoms with van der Waals surface area (Å²) < 4.78 is 15.3. The van der Waals surface area contributed by atoms with Crippen molar-refractivity contribution in [2.45, 2.75) is 31.6 Å². The van der Waals surface area contributed by atoms with Crippen LogP contribution in [0.2, 0.25) is 0 Å². The maximum absolute atomic E-state index is 11.6. The van der Waals surface area contributed by atoms with E-state index >= 15 is 0 Å². The van der Waals surface area contributed by atoms with Gasteiger partial charge < -0.3 is 23.8 Å². The number of rotatable bonds is 11. The monoisotopic (exact) mass is 489 g/mol. The zero-order chi connectivity index (χ0) is 24.0. The van der Waals surface area contributed by atoms with Gasteiger partial charge in [-0.25, -0.2) is 19.7 Å². The third-order valence-electron chi connectivity index (χ3n) is 4.88. The van der Waals surface area contributed by atoms with E-state index in [0.717, 1.165) is 5.69 Å². The molecule has 3 aromatic rings. The van der Waals surface area contributed by atoms with Gasteiger partial charge in [-0.3, -0.25) is 0 Å². The van der Waals surface area contributed by atoms with Gasteiger partial charge in [0.15, 0.2) is 11.6 Å². The van der Waals surface area contributed by atoms with Gasteiger partial charge in [-0.15, -0.1) is 0 Å². The summed E-state index contributed by atoms with van der Waals surface area (Å²) >= 11 is 11.1. The lowest BCUT2D eigenvalue weighted by Gasteiger charge is -2.13. The minimum absolute atomic E-state index is 0.0158. The van der Waals surface area contributed by atoms with Crippen LogP contribution in [-0.4, -0.2) is 61.2 Å². The van der Waals surface area contributed by atoms with E-state index in [-0.39, 0.29) is 37.1 Å². The lowest BCUT2D eigenvalue weighted by atomic mass is 10.0. The smallest absolute Gasteiger partial charge is 0.360 e. The number of aromatic nitrogens is 3. The van der Waals surface area contributed by atoms with Crippen LogP contribution >= 0.6 is 24.4 Å². The molecule has 2 atom stereocenters. The van der Waals surface area contributed by atoms with Crippen LogP contribution in [-0.2, 0) is 4.74 Å². The number of methoxy groups -OCH3 is 1. The Morgan fingerprint density at radius 2 is 1.48 bits per heavy atom. The number of oxazole rings is 2. The second-order valence-electron chi connectivity index (χ2n) is 7.31. The van der Waals surface area contributed by atoms with Crippen molar-refractivity contribution < 1.29 is 28.6 Å². The molecule has 0 saturated carbocycles. The Kier molecular flexibility index (Phi) is 8.50. The number of thiocarbonyl (C=S) groups is 2. The maximum Gasteiger partial charge on any atom is 0.360 e. The van der Waals surface area contributed by atoms with E-state index in [1.54, 1.807) is 25.1 Å². The first-order chi connectivity index (χ1) is 15.9. The molecule has 0 aliphatic carbocycles. The van der Waals surface area contributed by atoms with Crippen molar-refractivity contribution in [3.05, 3.63) is 65.3 Å². The lowest BCUT2D eigenvalue weighted by molar-refractivity contribution is 0.0594. The Morgan fingerprint density at radius 1 is 0.939 bits per heavy atom. The standard InChI is InChI=1S/C22H23N3O6S2/c1-12-10-30-20(23-12)13(8-26)6-18(32)15-4-3-5-16(24-15)19(33)7-14(9-27)21-25-17(11-31-21)22(28)29-2/h3-5,10-11,13-14,26-27H,6-9H2,1-2H3. The van der Waals surface area contributed by atoms with E-state index in [4.69, 9.17) is 33.3 Å². The molecule has 0 saturated heterocycles. The molecule has 11 heteroatoms. The Hall–Kier alpha value is -2.86. The van der Waals surface area contributed by atoms with Crippen molar-refractivity contribution in [2.24, 2.45) is 0 Å². The van der Waals surface area contributed by atoms with Gasteiger partial charge in [0.1, 0.15) is 12.5 Å². The minimum atomic E-state index is -0.631. The van der Waals surface area contributed by atoms with Crippen LogP contribution in [0.25, 0.3) is 0 Å². The summed E-state index contributed by atoms with van der Waals surface area (Å²) in [6.07, 6.45) is 3.26. The van der Waals surface area contributed by atoms with Crippen molar-refractivity contribution in [1.82, 2.24) is 15.0 Å². The summed E-state index contributed by atoms with van der Waals surface area (Å²) in [7, 11) is 1.24. The molecule has 3 heterocycles. The number of nitrogens with zero attached hydrogens (tertiary/aromatic N) is 3. The average Bonchev–Trinajstić information content (AvgIpc) is 3.49. The fourth-order valence-corrected chi connectivity index (χ4v) is 3.72. The fourth-order valence-electron chi connectivity index (χ4n) is 3.10. The lowest BCUT2D eigenvalue weighted by Crippen LogP contribution is -2.15. The number of esters is 1.